The number of aryl methyl sites for hydroxylation is 1. The predicted octanol–water partition coefficient (Wildman–Crippen LogP) is 3.65. The molecule has 0 radical (unpaired) electrons. The Morgan fingerprint density at radius 2 is 2.00 bits per heavy atom. The summed E-state index contributed by atoms with van der Waals surface area (Å²) in [6.45, 7) is 9.98. The van der Waals surface area contributed by atoms with Crippen LogP contribution in [-0.2, 0) is 10.2 Å². The summed E-state index contributed by atoms with van der Waals surface area (Å²) in [4.78, 5) is 4.41. The van der Waals surface area contributed by atoms with E-state index in [0.29, 0.717) is 0 Å². The molecule has 0 bridgehead atoms. The number of guanidine groups is 1. The Morgan fingerprint density at radius 3 is 2.63 bits per heavy atom. The van der Waals surface area contributed by atoms with E-state index in [2.05, 4.69) is 54.6 Å². The molecule has 1 aliphatic heterocycles. The van der Waals surface area contributed by atoms with E-state index < -0.39 is 0 Å². The van der Waals surface area contributed by atoms with Gasteiger partial charge in [0.2, 0.25) is 0 Å². The molecule has 152 valence electrons. The van der Waals surface area contributed by atoms with Gasteiger partial charge in [-0.1, -0.05) is 31.5 Å². The molecule has 27 heavy (non-hydrogen) atoms. The average molecular weight is 376 g/mol. The number of hydrogen-bond acceptors (Lipinski definition) is 3. The van der Waals surface area contributed by atoms with Crippen molar-refractivity contribution in [1.29, 1.82) is 0 Å². The number of hydrogen-bond donors (Lipinski definition) is 2. The Labute approximate surface area is 164 Å². The largest absolute Gasteiger partial charge is 0.496 e. The second-order valence-electron chi connectivity index (χ2n) is 7.99. The quantitative estimate of drug-likeness (QED) is 0.414. The first kappa shape index (κ1) is 21.5. The van der Waals surface area contributed by atoms with Crippen molar-refractivity contribution in [3.63, 3.8) is 0 Å². The summed E-state index contributed by atoms with van der Waals surface area (Å²) < 4.78 is 11.4. The van der Waals surface area contributed by atoms with Gasteiger partial charge >= 0.3 is 0 Å². The Balaban J connectivity index is 2.09. The van der Waals surface area contributed by atoms with E-state index in [0.717, 1.165) is 63.2 Å². The molecule has 0 spiro atoms. The zero-order valence-electron chi connectivity index (χ0n) is 17.7. The fourth-order valence-electron chi connectivity index (χ4n) is 3.73. The topological polar surface area (TPSA) is 54.9 Å². The monoisotopic (exact) mass is 375 g/mol. The lowest BCUT2D eigenvalue weighted by molar-refractivity contribution is 0.0505. The highest BCUT2D eigenvalue weighted by molar-refractivity contribution is 5.79. The van der Waals surface area contributed by atoms with Gasteiger partial charge in [-0.15, -0.1) is 0 Å². The molecule has 2 rings (SSSR count). The maximum atomic E-state index is 5.70. The van der Waals surface area contributed by atoms with E-state index in [1.165, 1.54) is 17.5 Å². The van der Waals surface area contributed by atoms with E-state index in [1.807, 2.05) is 7.05 Å². The van der Waals surface area contributed by atoms with E-state index in [9.17, 15) is 0 Å². The number of ether oxygens (including phenoxy) is 2. The summed E-state index contributed by atoms with van der Waals surface area (Å²) >= 11 is 0. The zero-order chi connectivity index (χ0) is 19.7. The van der Waals surface area contributed by atoms with Crippen molar-refractivity contribution >= 4 is 5.96 Å². The summed E-state index contributed by atoms with van der Waals surface area (Å²) in [5.74, 6) is 2.57. The van der Waals surface area contributed by atoms with Crippen molar-refractivity contribution in [3.05, 3.63) is 29.3 Å². The van der Waals surface area contributed by atoms with Crippen LogP contribution in [-0.4, -0.2) is 46.4 Å². The van der Waals surface area contributed by atoms with Gasteiger partial charge in [-0.05, 0) is 44.6 Å². The number of methoxy groups -OCH3 is 1. The minimum Gasteiger partial charge on any atom is -0.496 e. The van der Waals surface area contributed by atoms with Gasteiger partial charge in [0.1, 0.15) is 5.75 Å². The molecule has 0 amide bonds. The van der Waals surface area contributed by atoms with Gasteiger partial charge < -0.3 is 20.1 Å². The molecular weight excluding hydrogens is 338 g/mol. The predicted molar refractivity (Wildman–Crippen MR) is 113 cm³/mol. The molecule has 0 aromatic heterocycles. The van der Waals surface area contributed by atoms with Gasteiger partial charge in [0.15, 0.2) is 5.96 Å². The highest BCUT2D eigenvalue weighted by atomic mass is 16.5. The van der Waals surface area contributed by atoms with Crippen LogP contribution in [0.1, 0.15) is 50.7 Å². The summed E-state index contributed by atoms with van der Waals surface area (Å²) in [5, 5.41) is 7.01. The molecule has 1 aromatic rings. The summed E-state index contributed by atoms with van der Waals surface area (Å²) in [7, 11) is 3.59. The second kappa shape index (κ2) is 10.5. The maximum absolute atomic E-state index is 5.70. The fourth-order valence-corrected chi connectivity index (χ4v) is 3.73. The van der Waals surface area contributed by atoms with Gasteiger partial charge in [0.25, 0.3) is 0 Å². The summed E-state index contributed by atoms with van der Waals surface area (Å²) in [5.41, 5.74) is 2.52. The molecule has 0 atom stereocenters. The van der Waals surface area contributed by atoms with E-state index in [4.69, 9.17) is 9.47 Å². The van der Waals surface area contributed by atoms with Gasteiger partial charge in [-0.2, -0.15) is 0 Å². The molecule has 1 fully saturated rings. The van der Waals surface area contributed by atoms with Crippen molar-refractivity contribution in [2.45, 2.75) is 51.9 Å². The first-order valence-electron chi connectivity index (χ1n) is 10.2. The number of rotatable bonds is 8. The Hall–Kier alpha value is -1.75. The highest BCUT2D eigenvalue weighted by Crippen LogP contribution is 2.40. The first-order chi connectivity index (χ1) is 13.0. The number of nitrogens with zero attached hydrogens (tertiary/aromatic N) is 1. The van der Waals surface area contributed by atoms with Crippen molar-refractivity contribution < 1.29 is 9.47 Å². The van der Waals surface area contributed by atoms with E-state index >= 15 is 0 Å². The zero-order valence-corrected chi connectivity index (χ0v) is 17.7. The maximum Gasteiger partial charge on any atom is 0.191 e. The molecule has 1 aliphatic rings. The van der Waals surface area contributed by atoms with Crippen LogP contribution < -0.4 is 15.4 Å². The first-order valence-corrected chi connectivity index (χ1v) is 10.2. The molecule has 0 unspecified atom stereocenters. The average Bonchev–Trinajstić information content (AvgIpc) is 2.68. The Kier molecular flexibility index (Phi) is 8.42. The fraction of sp³-hybridized carbons (Fsp3) is 0.682. The molecule has 0 saturated carbocycles. The summed E-state index contributed by atoms with van der Waals surface area (Å²) in [6, 6.07) is 6.46. The van der Waals surface area contributed by atoms with Crippen LogP contribution in [0.25, 0.3) is 0 Å². The standard InChI is InChI=1S/C22H37N3O2/c1-17(2)7-6-12-24-21(23-4)25-16-22(10-13-27-14-11-22)19-15-18(3)8-9-20(19)26-5/h8-9,15,17H,6-7,10-14,16H2,1-5H3,(H2,23,24,25). The van der Waals surface area contributed by atoms with Gasteiger partial charge in [-0.25, -0.2) is 0 Å². The van der Waals surface area contributed by atoms with Crippen molar-refractivity contribution in [2.75, 3.05) is 40.5 Å². The molecule has 5 nitrogen and oxygen atoms in total. The van der Waals surface area contributed by atoms with Crippen molar-refractivity contribution in [2.24, 2.45) is 10.9 Å². The lowest BCUT2D eigenvalue weighted by Crippen LogP contribution is -2.48. The van der Waals surface area contributed by atoms with Crippen LogP contribution in [0.4, 0.5) is 0 Å². The van der Waals surface area contributed by atoms with Crippen LogP contribution in [0.2, 0.25) is 0 Å². The molecule has 1 saturated heterocycles. The molecule has 1 aromatic carbocycles. The number of nitrogens with one attached hydrogen (secondary N) is 2. The van der Waals surface area contributed by atoms with E-state index in [1.54, 1.807) is 7.11 Å². The third-order valence-corrected chi connectivity index (χ3v) is 5.44. The van der Waals surface area contributed by atoms with E-state index in [-0.39, 0.29) is 5.41 Å². The second-order valence-corrected chi connectivity index (χ2v) is 7.99. The molecule has 1 heterocycles. The summed E-state index contributed by atoms with van der Waals surface area (Å²) in [6.07, 6.45) is 4.34. The van der Waals surface area contributed by atoms with Crippen LogP contribution >= 0.6 is 0 Å². The number of benzene rings is 1. The van der Waals surface area contributed by atoms with Crippen molar-refractivity contribution in [1.82, 2.24) is 10.6 Å². The molecule has 2 N–H and O–H groups in total. The lowest BCUT2D eigenvalue weighted by Gasteiger charge is -2.39. The molecule has 5 heteroatoms. The van der Waals surface area contributed by atoms with Crippen LogP contribution in [0.5, 0.6) is 5.75 Å². The van der Waals surface area contributed by atoms with Gasteiger partial charge in [0.05, 0.1) is 7.11 Å². The van der Waals surface area contributed by atoms with Gasteiger partial charge in [0, 0.05) is 44.3 Å². The van der Waals surface area contributed by atoms with Crippen LogP contribution in [0.15, 0.2) is 23.2 Å². The SMILES string of the molecule is CN=C(NCCCC(C)C)NCC1(c2cc(C)ccc2OC)CCOCC1. The Morgan fingerprint density at radius 1 is 1.26 bits per heavy atom. The third-order valence-electron chi connectivity index (χ3n) is 5.44. The van der Waals surface area contributed by atoms with Crippen molar-refractivity contribution in [3.8, 4) is 5.75 Å². The highest BCUT2D eigenvalue weighted by Gasteiger charge is 2.37. The smallest absolute Gasteiger partial charge is 0.191 e. The van der Waals surface area contributed by atoms with Gasteiger partial charge in [-0.3, -0.25) is 4.99 Å². The Bertz CT molecular complexity index is 608. The van der Waals surface area contributed by atoms with Crippen LogP contribution in [0.3, 0.4) is 0 Å². The minimum absolute atomic E-state index is 0.00876. The third kappa shape index (κ3) is 6.13. The normalized spacial score (nSPS) is 17.0. The molecule has 0 aliphatic carbocycles. The van der Waals surface area contributed by atoms with Crippen LogP contribution in [0, 0.1) is 12.8 Å². The minimum atomic E-state index is -0.00876. The lowest BCUT2D eigenvalue weighted by atomic mass is 9.73. The number of aliphatic imine (C=N–C) groups is 1. The molecular formula is C22H37N3O2.